The zero-order chi connectivity index (χ0) is 26.6. The maximum atomic E-state index is 14.2. The highest BCUT2D eigenvalue weighted by molar-refractivity contribution is 9.09. The Morgan fingerprint density at radius 2 is 1.83 bits per heavy atom. The van der Waals surface area contributed by atoms with Crippen molar-refractivity contribution in [1.82, 2.24) is 15.5 Å². The zero-order valence-electron chi connectivity index (χ0n) is 21.9. The number of nitrogens with zero attached hydrogens (tertiary/aromatic N) is 1. The lowest BCUT2D eigenvalue weighted by atomic mass is 9.70. The number of amides is 3. The van der Waals surface area contributed by atoms with Gasteiger partial charge >= 0.3 is 0 Å². The topological polar surface area (TPSA) is 98.7 Å². The summed E-state index contributed by atoms with van der Waals surface area (Å²) >= 11 is 5.37. The van der Waals surface area contributed by atoms with Gasteiger partial charge in [-0.05, 0) is 37.7 Å². The Bertz CT molecular complexity index is 1030. The molecular formula is C27H38BrN3O4S. The van der Waals surface area contributed by atoms with Gasteiger partial charge in [0.2, 0.25) is 17.7 Å². The number of carbonyl (C=O) groups is 3. The van der Waals surface area contributed by atoms with Crippen molar-refractivity contribution in [3.05, 3.63) is 35.9 Å². The smallest absolute Gasteiger partial charge is 0.244 e. The second-order valence-electron chi connectivity index (χ2n) is 12.2. The van der Waals surface area contributed by atoms with Crippen LogP contribution in [-0.2, 0) is 14.4 Å². The number of halogens is 1. The van der Waals surface area contributed by atoms with Gasteiger partial charge in [0.15, 0.2) is 0 Å². The molecule has 0 saturated carbocycles. The van der Waals surface area contributed by atoms with Crippen LogP contribution in [0.3, 0.4) is 0 Å². The van der Waals surface area contributed by atoms with Gasteiger partial charge in [-0.1, -0.05) is 67.0 Å². The predicted octanol–water partition coefficient (Wildman–Crippen LogP) is 3.26. The Hall–Kier alpha value is -1.58. The highest BCUT2D eigenvalue weighted by Gasteiger charge is 2.76. The third-order valence-electron chi connectivity index (χ3n) is 7.65. The van der Waals surface area contributed by atoms with Crippen molar-refractivity contribution < 1.29 is 19.5 Å². The lowest BCUT2D eigenvalue weighted by Crippen LogP contribution is -2.59. The lowest BCUT2D eigenvalue weighted by Gasteiger charge is -2.40. The van der Waals surface area contributed by atoms with Crippen molar-refractivity contribution >= 4 is 45.4 Å². The molecule has 9 heteroatoms. The molecule has 1 aromatic rings. The van der Waals surface area contributed by atoms with E-state index in [1.54, 1.807) is 23.7 Å². The molecule has 0 aliphatic carbocycles. The van der Waals surface area contributed by atoms with Crippen molar-refractivity contribution in [2.45, 2.75) is 79.9 Å². The van der Waals surface area contributed by atoms with Gasteiger partial charge < -0.3 is 20.6 Å². The molecule has 3 heterocycles. The van der Waals surface area contributed by atoms with Crippen molar-refractivity contribution in [1.29, 1.82) is 0 Å². The molecule has 3 amide bonds. The molecule has 7 nitrogen and oxygen atoms in total. The average Bonchev–Trinajstić information content (AvgIpc) is 3.36. The molecule has 3 aliphatic rings. The molecule has 3 saturated heterocycles. The van der Waals surface area contributed by atoms with Gasteiger partial charge in [-0.3, -0.25) is 14.4 Å². The molecule has 198 valence electrons. The normalized spacial score (nSPS) is 32.4. The number of aliphatic hydroxyl groups excluding tert-OH is 1. The molecule has 36 heavy (non-hydrogen) atoms. The highest BCUT2D eigenvalue weighted by Crippen LogP contribution is 2.68. The van der Waals surface area contributed by atoms with Crippen LogP contribution in [0, 0.1) is 17.3 Å². The molecule has 0 aromatic heterocycles. The molecule has 3 fully saturated rings. The molecule has 1 spiro atoms. The zero-order valence-corrected chi connectivity index (χ0v) is 24.3. The van der Waals surface area contributed by atoms with E-state index in [1.165, 1.54) is 0 Å². The number of hydrogen-bond acceptors (Lipinski definition) is 5. The summed E-state index contributed by atoms with van der Waals surface area (Å²) in [6, 6.07) is 7.85. The van der Waals surface area contributed by atoms with E-state index in [0.717, 1.165) is 12.0 Å². The minimum atomic E-state index is -0.809. The molecule has 7 atom stereocenters. The number of nitrogens with one attached hydrogen (secondary N) is 2. The van der Waals surface area contributed by atoms with E-state index in [4.69, 9.17) is 0 Å². The Morgan fingerprint density at radius 1 is 1.19 bits per heavy atom. The monoisotopic (exact) mass is 579 g/mol. The molecular weight excluding hydrogens is 542 g/mol. The van der Waals surface area contributed by atoms with Gasteiger partial charge in [0.25, 0.3) is 0 Å². The van der Waals surface area contributed by atoms with Crippen LogP contribution in [0.5, 0.6) is 0 Å². The first-order valence-electron chi connectivity index (χ1n) is 12.6. The number of hydrogen-bond donors (Lipinski definition) is 3. The molecule has 4 rings (SSSR count). The van der Waals surface area contributed by atoms with Crippen LogP contribution in [0.15, 0.2) is 30.3 Å². The first-order valence-corrected chi connectivity index (χ1v) is 14.4. The predicted molar refractivity (Wildman–Crippen MR) is 146 cm³/mol. The van der Waals surface area contributed by atoms with E-state index in [9.17, 15) is 19.5 Å². The van der Waals surface area contributed by atoms with Gasteiger partial charge in [0.1, 0.15) is 6.04 Å². The summed E-state index contributed by atoms with van der Waals surface area (Å²) in [5.41, 5.74) is 0.254. The summed E-state index contributed by atoms with van der Waals surface area (Å²) < 4.78 is -0.753. The number of thioether (sulfide) groups is 1. The molecule has 2 bridgehead atoms. The summed E-state index contributed by atoms with van der Waals surface area (Å²) in [5, 5.41) is 16.4. The van der Waals surface area contributed by atoms with Gasteiger partial charge in [0, 0.05) is 22.7 Å². The van der Waals surface area contributed by atoms with Crippen molar-refractivity contribution in [2.75, 3.05) is 13.7 Å². The fraction of sp³-hybridized carbons (Fsp3) is 0.667. The Kier molecular flexibility index (Phi) is 7.34. The SMILES string of the molecule is CNC(=O)[C@H]1[C@H]2C(=O)N([C@H](CO)c3ccccc3)C(C(=O)NC(C)(C)CC(C)(C)C)C23CC(Br)[C@@H]1S3. The highest BCUT2D eigenvalue weighted by atomic mass is 79.9. The third kappa shape index (κ3) is 4.60. The van der Waals surface area contributed by atoms with Crippen LogP contribution in [0.2, 0.25) is 0 Å². The van der Waals surface area contributed by atoms with Crippen molar-refractivity contribution in [2.24, 2.45) is 17.3 Å². The first-order chi connectivity index (χ1) is 16.8. The maximum Gasteiger partial charge on any atom is 0.244 e. The fourth-order valence-corrected chi connectivity index (χ4v) is 10.6. The third-order valence-corrected chi connectivity index (χ3v) is 10.9. The molecule has 3 unspecified atom stereocenters. The van der Waals surface area contributed by atoms with Gasteiger partial charge in [-0.15, -0.1) is 11.8 Å². The van der Waals surface area contributed by atoms with Crippen LogP contribution < -0.4 is 10.6 Å². The maximum absolute atomic E-state index is 14.2. The fourth-order valence-electron chi connectivity index (χ4n) is 6.97. The van der Waals surface area contributed by atoms with Gasteiger partial charge in [-0.2, -0.15) is 0 Å². The summed E-state index contributed by atoms with van der Waals surface area (Å²) in [6.45, 7) is 10.1. The van der Waals surface area contributed by atoms with Gasteiger partial charge in [-0.25, -0.2) is 0 Å². The van der Waals surface area contributed by atoms with Crippen LogP contribution in [0.25, 0.3) is 0 Å². The largest absolute Gasteiger partial charge is 0.394 e. The molecule has 3 N–H and O–H groups in total. The van der Waals surface area contributed by atoms with E-state index in [2.05, 4.69) is 47.3 Å². The summed E-state index contributed by atoms with van der Waals surface area (Å²) in [6.07, 6.45) is 1.36. The van der Waals surface area contributed by atoms with E-state index in [-0.39, 0.29) is 39.8 Å². The van der Waals surface area contributed by atoms with E-state index in [0.29, 0.717) is 6.42 Å². The number of aliphatic hydroxyl groups is 1. The Balaban J connectivity index is 1.81. The number of fused-ring (bicyclic) bond motifs is 1. The van der Waals surface area contributed by atoms with Crippen LogP contribution >= 0.6 is 27.7 Å². The summed E-state index contributed by atoms with van der Waals surface area (Å²) in [4.78, 5) is 43.1. The molecule has 1 aromatic carbocycles. The molecule has 3 aliphatic heterocycles. The van der Waals surface area contributed by atoms with Crippen LogP contribution in [0.1, 0.15) is 59.1 Å². The summed E-state index contributed by atoms with van der Waals surface area (Å²) in [7, 11) is 1.59. The van der Waals surface area contributed by atoms with E-state index >= 15 is 0 Å². The second kappa shape index (κ2) is 9.62. The quantitative estimate of drug-likeness (QED) is 0.431. The average molecular weight is 581 g/mol. The minimum Gasteiger partial charge on any atom is -0.394 e. The Morgan fingerprint density at radius 3 is 2.39 bits per heavy atom. The van der Waals surface area contributed by atoms with Crippen molar-refractivity contribution in [3.63, 3.8) is 0 Å². The standard InChI is InChI=1S/C27H38BrN3O4S/c1-25(2,3)14-26(4,5)30-23(34)21-27-12-16(28)20(36-27)18(22(33)29-6)19(27)24(35)31(21)17(13-32)15-10-8-7-9-11-15/h7-11,16-21,32H,12-14H2,1-6H3,(H,29,33)(H,30,34)/t16?,17-,18+,19+,20+,21?,27?/m1/s1. The lowest BCUT2D eigenvalue weighted by molar-refractivity contribution is -0.143. The molecule has 0 radical (unpaired) electrons. The van der Waals surface area contributed by atoms with Crippen molar-refractivity contribution in [3.8, 4) is 0 Å². The number of alkyl halides is 1. The van der Waals surface area contributed by atoms with E-state index < -0.39 is 34.2 Å². The van der Waals surface area contributed by atoms with E-state index in [1.807, 2.05) is 44.2 Å². The minimum absolute atomic E-state index is 0.00766. The second-order valence-corrected chi connectivity index (χ2v) is 15.0. The Labute approximate surface area is 226 Å². The first kappa shape index (κ1) is 27.5. The number of rotatable bonds is 7. The van der Waals surface area contributed by atoms with Gasteiger partial charge in [0.05, 0.1) is 29.2 Å². The number of benzene rings is 1. The van der Waals surface area contributed by atoms with Crippen LogP contribution in [0.4, 0.5) is 0 Å². The van der Waals surface area contributed by atoms with Crippen LogP contribution in [-0.4, -0.2) is 67.8 Å². The number of carbonyl (C=O) groups excluding carboxylic acids is 3. The summed E-state index contributed by atoms with van der Waals surface area (Å²) in [5.74, 6) is -1.79. The number of likely N-dealkylation sites (tertiary alicyclic amines) is 1.